The fourth-order valence-electron chi connectivity index (χ4n) is 2.49. The Kier molecular flexibility index (Phi) is 4.80. The van der Waals surface area contributed by atoms with E-state index < -0.39 is 53.6 Å². The largest absolute Gasteiger partial charge is 0.459 e. The van der Waals surface area contributed by atoms with E-state index in [0.717, 1.165) is 6.92 Å². The molecule has 0 radical (unpaired) electrons. The summed E-state index contributed by atoms with van der Waals surface area (Å²) in [6.07, 6.45) is -13.2. The fourth-order valence-corrected chi connectivity index (χ4v) is 2.49. The monoisotopic (exact) mass is 366 g/mol. The van der Waals surface area contributed by atoms with Crippen molar-refractivity contribution in [1.82, 2.24) is 0 Å². The highest BCUT2D eigenvalue weighted by atomic mass is 19.4. The molecule has 142 valence electrons. The van der Waals surface area contributed by atoms with Crippen molar-refractivity contribution in [2.24, 2.45) is 5.41 Å². The summed E-state index contributed by atoms with van der Waals surface area (Å²) in [6.45, 7) is 5.50. The van der Waals surface area contributed by atoms with Crippen molar-refractivity contribution < 1.29 is 45.7 Å². The number of halogens is 6. The molecule has 1 heterocycles. The van der Waals surface area contributed by atoms with Crippen LogP contribution in [0, 0.1) is 5.41 Å². The zero-order chi connectivity index (χ0) is 19.4. The minimum Gasteiger partial charge on any atom is -0.459 e. The first-order chi connectivity index (χ1) is 10.2. The summed E-state index contributed by atoms with van der Waals surface area (Å²) in [5, 5.41) is 9.72. The van der Waals surface area contributed by atoms with E-state index in [1.54, 1.807) is 0 Å². The van der Waals surface area contributed by atoms with E-state index in [2.05, 4.69) is 4.74 Å². The molecule has 24 heavy (non-hydrogen) atoms. The van der Waals surface area contributed by atoms with Crippen molar-refractivity contribution in [2.75, 3.05) is 0 Å². The normalized spacial score (nSPS) is 35.7. The molecule has 1 aliphatic heterocycles. The molecular weight excluding hydrogens is 346 g/mol. The second-order valence-electron chi connectivity index (χ2n) is 7.56. The molecule has 3 unspecified atom stereocenters. The van der Waals surface area contributed by atoms with E-state index in [1.807, 2.05) is 0 Å². The first kappa shape index (κ1) is 21.0. The van der Waals surface area contributed by atoms with E-state index in [0.29, 0.717) is 6.92 Å². The van der Waals surface area contributed by atoms with Gasteiger partial charge in [-0.25, -0.2) is 0 Å². The number of hydrogen-bond donors (Lipinski definition) is 1. The van der Waals surface area contributed by atoms with Crippen molar-refractivity contribution in [1.29, 1.82) is 0 Å². The van der Waals surface area contributed by atoms with Crippen LogP contribution in [0.2, 0.25) is 0 Å². The Labute approximate surface area is 135 Å². The van der Waals surface area contributed by atoms with Gasteiger partial charge in [0.2, 0.25) is 0 Å². The van der Waals surface area contributed by atoms with Crippen LogP contribution in [-0.4, -0.2) is 40.4 Å². The second-order valence-corrected chi connectivity index (χ2v) is 7.56. The molecule has 0 aromatic rings. The highest BCUT2D eigenvalue weighted by Crippen LogP contribution is 2.53. The van der Waals surface area contributed by atoms with Crippen molar-refractivity contribution in [3.05, 3.63) is 0 Å². The fraction of sp³-hybridized carbons (Fsp3) is 0.929. The molecule has 0 bridgehead atoms. The topological polar surface area (TPSA) is 55.8 Å². The predicted octanol–water partition coefficient (Wildman–Crippen LogP) is 3.72. The van der Waals surface area contributed by atoms with Crippen LogP contribution < -0.4 is 0 Å². The number of rotatable bonds is 1. The van der Waals surface area contributed by atoms with Crippen LogP contribution >= 0.6 is 0 Å². The van der Waals surface area contributed by atoms with Gasteiger partial charge in [-0.2, -0.15) is 26.3 Å². The number of ether oxygens (including phenoxy) is 2. The van der Waals surface area contributed by atoms with Crippen LogP contribution in [-0.2, 0) is 14.3 Å². The molecule has 0 aromatic carbocycles. The molecule has 0 spiro atoms. The number of hydrogen-bond acceptors (Lipinski definition) is 4. The number of alkyl halides is 6. The Morgan fingerprint density at radius 3 is 1.79 bits per heavy atom. The van der Waals surface area contributed by atoms with Gasteiger partial charge in [0.1, 0.15) is 5.60 Å². The average molecular weight is 366 g/mol. The lowest BCUT2D eigenvalue weighted by molar-refractivity contribution is -0.453. The molecular formula is C14H20F6O4. The van der Waals surface area contributed by atoms with E-state index in [4.69, 9.17) is 4.74 Å². The molecule has 0 amide bonds. The van der Waals surface area contributed by atoms with Gasteiger partial charge < -0.3 is 14.6 Å². The van der Waals surface area contributed by atoms with Gasteiger partial charge in [0, 0.05) is 6.42 Å². The minimum atomic E-state index is -5.50. The molecule has 1 saturated heterocycles. The smallest absolute Gasteiger partial charge is 0.443 e. The summed E-state index contributed by atoms with van der Waals surface area (Å²) in [4.78, 5) is 12.0. The van der Waals surface area contributed by atoms with Crippen LogP contribution in [0.25, 0.3) is 0 Å². The number of aliphatic hydroxyl groups is 1. The lowest BCUT2D eigenvalue weighted by Crippen LogP contribution is -2.67. The summed E-state index contributed by atoms with van der Waals surface area (Å²) >= 11 is 0. The summed E-state index contributed by atoms with van der Waals surface area (Å²) in [5.41, 5.74) is -6.72. The third kappa shape index (κ3) is 3.96. The van der Waals surface area contributed by atoms with Crippen molar-refractivity contribution in [2.45, 2.75) is 76.8 Å². The average Bonchev–Trinajstić information content (AvgIpc) is 2.21. The highest BCUT2D eigenvalue weighted by molar-refractivity contribution is 5.75. The van der Waals surface area contributed by atoms with E-state index in [-0.39, 0.29) is 0 Å². The third-order valence-corrected chi connectivity index (χ3v) is 3.71. The molecule has 1 fully saturated rings. The summed E-state index contributed by atoms with van der Waals surface area (Å²) in [5.74, 6) is -5.08. The lowest BCUT2D eigenvalue weighted by Gasteiger charge is -2.51. The molecule has 1 rings (SSSR count). The van der Waals surface area contributed by atoms with Crippen LogP contribution in [0.1, 0.15) is 47.5 Å². The van der Waals surface area contributed by atoms with Crippen LogP contribution in [0.15, 0.2) is 0 Å². The quantitative estimate of drug-likeness (QED) is 0.568. The van der Waals surface area contributed by atoms with Crippen LogP contribution in [0.4, 0.5) is 26.3 Å². The van der Waals surface area contributed by atoms with Gasteiger partial charge in [-0.1, -0.05) is 0 Å². The first-order valence-electron chi connectivity index (χ1n) is 7.04. The second kappa shape index (κ2) is 5.48. The van der Waals surface area contributed by atoms with Gasteiger partial charge in [0.25, 0.3) is 5.79 Å². The Morgan fingerprint density at radius 2 is 1.46 bits per heavy atom. The van der Waals surface area contributed by atoms with Crippen molar-refractivity contribution in [3.8, 4) is 0 Å². The standard InChI is InChI=1S/C14H20F6O4/c1-9(2,3)8(21)23-10(4)6-11(5,13(15,16)17)24-12(22,7-10)14(18,19)20/h22H,6-7H2,1-5H3. The summed E-state index contributed by atoms with van der Waals surface area (Å²) < 4.78 is 88.0. The molecule has 4 nitrogen and oxygen atoms in total. The summed E-state index contributed by atoms with van der Waals surface area (Å²) in [6, 6.07) is 0. The minimum absolute atomic E-state index is 0.381. The number of esters is 1. The number of carbonyl (C=O) groups is 1. The van der Waals surface area contributed by atoms with Gasteiger partial charge in [0.15, 0.2) is 5.60 Å². The molecule has 0 saturated carbocycles. The Balaban J connectivity index is 3.34. The van der Waals surface area contributed by atoms with E-state index in [9.17, 15) is 36.2 Å². The maximum absolute atomic E-state index is 13.2. The lowest BCUT2D eigenvalue weighted by atomic mass is 9.79. The van der Waals surface area contributed by atoms with Gasteiger partial charge >= 0.3 is 18.3 Å². The molecule has 0 aromatic heterocycles. The SMILES string of the molecule is CC1(OC(=O)C(C)(C)C)CC(C)(C(F)(F)F)OC(O)(C(F)(F)F)C1. The Bertz CT molecular complexity index is 479. The van der Waals surface area contributed by atoms with E-state index >= 15 is 0 Å². The molecule has 1 N–H and O–H groups in total. The van der Waals surface area contributed by atoms with Gasteiger partial charge in [-0.05, 0) is 34.6 Å². The van der Waals surface area contributed by atoms with Crippen LogP contribution in [0.5, 0.6) is 0 Å². The van der Waals surface area contributed by atoms with E-state index in [1.165, 1.54) is 20.8 Å². The highest BCUT2D eigenvalue weighted by Gasteiger charge is 2.71. The zero-order valence-electron chi connectivity index (χ0n) is 13.9. The van der Waals surface area contributed by atoms with Crippen LogP contribution in [0.3, 0.4) is 0 Å². The zero-order valence-corrected chi connectivity index (χ0v) is 13.9. The van der Waals surface area contributed by atoms with Gasteiger partial charge in [-0.3, -0.25) is 4.79 Å². The maximum Gasteiger partial charge on any atom is 0.443 e. The Morgan fingerprint density at radius 1 is 1.00 bits per heavy atom. The predicted molar refractivity (Wildman–Crippen MR) is 69.7 cm³/mol. The Hall–Kier alpha value is -1.03. The summed E-state index contributed by atoms with van der Waals surface area (Å²) in [7, 11) is 0. The molecule has 10 heteroatoms. The molecule has 0 aliphatic carbocycles. The number of carbonyl (C=O) groups excluding carboxylic acids is 1. The first-order valence-corrected chi connectivity index (χ1v) is 7.04. The van der Waals surface area contributed by atoms with Gasteiger partial charge in [-0.15, -0.1) is 0 Å². The van der Waals surface area contributed by atoms with Crippen molar-refractivity contribution >= 4 is 5.97 Å². The van der Waals surface area contributed by atoms with Gasteiger partial charge in [0.05, 0.1) is 11.8 Å². The van der Waals surface area contributed by atoms with Crippen molar-refractivity contribution in [3.63, 3.8) is 0 Å². The molecule has 1 aliphatic rings. The maximum atomic E-state index is 13.2. The molecule has 3 atom stereocenters. The third-order valence-electron chi connectivity index (χ3n) is 3.71.